The van der Waals surface area contributed by atoms with Crippen LogP contribution in [-0.4, -0.2) is 47.3 Å². The molecule has 1 aliphatic carbocycles. The lowest BCUT2D eigenvalue weighted by Gasteiger charge is -2.40. The number of nitrogens with two attached hydrogens (primary N) is 1. The fourth-order valence-electron chi connectivity index (χ4n) is 5.75. The summed E-state index contributed by atoms with van der Waals surface area (Å²) in [5.41, 5.74) is 7.78. The fraction of sp³-hybridized carbons (Fsp3) is 0.517. The van der Waals surface area contributed by atoms with Gasteiger partial charge in [-0.05, 0) is 80.7 Å². The number of amides is 2. The molecule has 3 fully saturated rings. The van der Waals surface area contributed by atoms with Gasteiger partial charge in [-0.1, -0.05) is 13.8 Å². The Labute approximate surface area is 218 Å². The summed E-state index contributed by atoms with van der Waals surface area (Å²) in [5.74, 6) is 1.36. The Balaban J connectivity index is 1.22. The number of hydrogen-bond donors (Lipinski definition) is 3. The van der Waals surface area contributed by atoms with Crippen LogP contribution in [-0.2, 0) is 0 Å². The molecule has 8 nitrogen and oxygen atoms in total. The molecule has 1 aromatic carbocycles. The first-order valence-electron chi connectivity index (χ1n) is 13.5. The van der Waals surface area contributed by atoms with Crippen LogP contribution in [0.25, 0.3) is 0 Å². The Morgan fingerprint density at radius 3 is 2.32 bits per heavy atom. The smallest absolute Gasteiger partial charge is 0.251 e. The van der Waals surface area contributed by atoms with Crippen LogP contribution in [0, 0.1) is 11.8 Å². The first-order valence-corrected chi connectivity index (χ1v) is 13.5. The third-order valence-electron chi connectivity index (χ3n) is 7.82. The predicted octanol–water partition coefficient (Wildman–Crippen LogP) is 4.16. The normalized spacial score (nSPS) is 22.7. The van der Waals surface area contributed by atoms with E-state index in [1.165, 1.54) is 12.8 Å². The number of Topliss-reactive ketones (excluding diaryl/α,β-unsaturated/α-hetero) is 1. The van der Waals surface area contributed by atoms with E-state index >= 15 is 0 Å². The highest BCUT2D eigenvalue weighted by molar-refractivity contribution is 6.02. The van der Waals surface area contributed by atoms with Crippen LogP contribution in [0.1, 0.15) is 89.9 Å². The molecule has 2 saturated heterocycles. The number of nitrogens with zero attached hydrogens (tertiary/aromatic N) is 2. The lowest BCUT2D eigenvalue weighted by Crippen LogP contribution is -2.50. The Morgan fingerprint density at radius 2 is 1.73 bits per heavy atom. The Kier molecular flexibility index (Phi) is 7.17. The van der Waals surface area contributed by atoms with Crippen molar-refractivity contribution in [2.24, 2.45) is 17.6 Å². The lowest BCUT2D eigenvalue weighted by atomic mass is 9.96. The molecule has 3 atom stereocenters. The average Bonchev–Trinajstić information content (AvgIpc) is 3.66. The summed E-state index contributed by atoms with van der Waals surface area (Å²) in [5, 5.41) is 6.54. The molecule has 2 bridgehead atoms. The van der Waals surface area contributed by atoms with Gasteiger partial charge >= 0.3 is 0 Å². The van der Waals surface area contributed by atoms with Crippen LogP contribution in [0.15, 0.2) is 36.5 Å². The maximum absolute atomic E-state index is 13.1. The van der Waals surface area contributed by atoms with Crippen LogP contribution in [0.3, 0.4) is 0 Å². The summed E-state index contributed by atoms with van der Waals surface area (Å²) in [6.07, 6.45) is 8.45. The fourth-order valence-corrected chi connectivity index (χ4v) is 5.75. The van der Waals surface area contributed by atoms with Crippen molar-refractivity contribution in [1.29, 1.82) is 0 Å². The van der Waals surface area contributed by atoms with E-state index in [-0.39, 0.29) is 17.7 Å². The van der Waals surface area contributed by atoms with E-state index in [0.29, 0.717) is 52.7 Å². The number of fused-ring (bicyclic) bond motifs is 2. The zero-order valence-corrected chi connectivity index (χ0v) is 21.7. The SMILES string of the molecule is CC(C)CC(=O)c1ccc(N2[C@@H]3CC[C@H]2CC(NC(=O)c2ccc(C(N)=O)c(NCC4CC4)c2)C3)nc1. The number of benzene rings is 1. The molecule has 3 aliphatic rings. The summed E-state index contributed by atoms with van der Waals surface area (Å²) >= 11 is 0. The highest BCUT2D eigenvalue weighted by Gasteiger charge is 2.42. The summed E-state index contributed by atoms with van der Waals surface area (Å²) in [7, 11) is 0. The second-order valence-electron chi connectivity index (χ2n) is 11.3. The zero-order valence-electron chi connectivity index (χ0n) is 21.7. The van der Waals surface area contributed by atoms with Crippen molar-refractivity contribution in [3.63, 3.8) is 0 Å². The number of carbonyl (C=O) groups excluding carboxylic acids is 3. The molecule has 1 aromatic heterocycles. The number of pyridine rings is 1. The van der Waals surface area contributed by atoms with E-state index in [1.807, 2.05) is 26.0 Å². The average molecular weight is 504 g/mol. The van der Waals surface area contributed by atoms with Gasteiger partial charge in [0.15, 0.2) is 5.78 Å². The summed E-state index contributed by atoms with van der Waals surface area (Å²) < 4.78 is 0. The van der Waals surface area contributed by atoms with E-state index < -0.39 is 5.91 Å². The van der Waals surface area contributed by atoms with Crippen molar-refractivity contribution in [2.45, 2.75) is 76.9 Å². The quantitative estimate of drug-likeness (QED) is 0.419. The zero-order chi connectivity index (χ0) is 26.1. The number of ketones is 1. The van der Waals surface area contributed by atoms with Crippen LogP contribution in [0.4, 0.5) is 11.5 Å². The topological polar surface area (TPSA) is 117 Å². The van der Waals surface area contributed by atoms with E-state index in [0.717, 1.165) is 38.0 Å². The second-order valence-corrected chi connectivity index (χ2v) is 11.3. The molecule has 0 radical (unpaired) electrons. The van der Waals surface area contributed by atoms with Gasteiger partial charge < -0.3 is 21.3 Å². The maximum atomic E-state index is 13.1. The summed E-state index contributed by atoms with van der Waals surface area (Å²) in [6.45, 7) is 4.87. The molecule has 37 heavy (non-hydrogen) atoms. The van der Waals surface area contributed by atoms with Gasteiger partial charge in [-0.15, -0.1) is 0 Å². The number of piperidine rings is 1. The Morgan fingerprint density at radius 1 is 1.03 bits per heavy atom. The minimum atomic E-state index is -0.500. The number of aromatic nitrogens is 1. The van der Waals surface area contributed by atoms with Crippen molar-refractivity contribution in [1.82, 2.24) is 10.3 Å². The first-order chi connectivity index (χ1) is 17.8. The highest BCUT2D eigenvalue weighted by Crippen LogP contribution is 2.39. The number of hydrogen-bond acceptors (Lipinski definition) is 6. The number of rotatable bonds is 10. The molecule has 4 N–H and O–H groups in total. The molecule has 0 spiro atoms. The van der Waals surface area contributed by atoms with Gasteiger partial charge in [0.1, 0.15) is 5.82 Å². The van der Waals surface area contributed by atoms with E-state index in [2.05, 4.69) is 20.5 Å². The van der Waals surface area contributed by atoms with Gasteiger partial charge in [0, 0.05) is 54.1 Å². The number of carbonyl (C=O) groups is 3. The van der Waals surface area contributed by atoms with Crippen LogP contribution in [0.2, 0.25) is 0 Å². The molecule has 3 heterocycles. The van der Waals surface area contributed by atoms with Crippen molar-refractivity contribution in [3.8, 4) is 0 Å². The molecule has 5 rings (SSSR count). The molecule has 2 aromatic rings. The Bertz CT molecular complexity index is 1160. The largest absolute Gasteiger partial charge is 0.384 e. The van der Waals surface area contributed by atoms with Crippen molar-refractivity contribution in [3.05, 3.63) is 53.2 Å². The molecule has 196 valence electrons. The monoisotopic (exact) mass is 503 g/mol. The lowest BCUT2D eigenvalue weighted by molar-refractivity contribution is 0.0924. The third kappa shape index (κ3) is 5.78. The summed E-state index contributed by atoms with van der Waals surface area (Å²) in [4.78, 5) is 44.4. The maximum Gasteiger partial charge on any atom is 0.251 e. The van der Waals surface area contributed by atoms with Crippen molar-refractivity contribution < 1.29 is 14.4 Å². The predicted molar refractivity (Wildman–Crippen MR) is 144 cm³/mol. The molecule has 2 aliphatic heterocycles. The minimum Gasteiger partial charge on any atom is -0.384 e. The van der Waals surface area contributed by atoms with Gasteiger partial charge in [0.2, 0.25) is 0 Å². The molecule has 1 saturated carbocycles. The van der Waals surface area contributed by atoms with Gasteiger partial charge in [-0.3, -0.25) is 14.4 Å². The van der Waals surface area contributed by atoms with E-state index in [1.54, 1.807) is 24.4 Å². The number of anilines is 2. The number of nitrogens with one attached hydrogen (secondary N) is 2. The standard InChI is InChI=1S/C29H37N5O3/c1-17(2)11-26(35)20-6-10-27(32-16-20)34-22-7-8-23(34)14-21(13-22)33-29(37)19-5-9-24(28(30)36)25(12-19)31-15-18-3-4-18/h5-6,9-10,12,16-18,21-23,31H,3-4,7-8,11,13-15H2,1-2H3,(H2,30,36)(H,33,37)/t21?,22-,23+. The van der Waals surface area contributed by atoms with Crippen LogP contribution in [0.5, 0.6) is 0 Å². The van der Waals surface area contributed by atoms with Crippen molar-refractivity contribution in [2.75, 3.05) is 16.8 Å². The first kappa shape index (κ1) is 25.2. The van der Waals surface area contributed by atoms with E-state index in [9.17, 15) is 14.4 Å². The molecular weight excluding hydrogens is 466 g/mol. The van der Waals surface area contributed by atoms with E-state index in [4.69, 9.17) is 5.73 Å². The molecule has 1 unspecified atom stereocenters. The molecule has 2 amide bonds. The second kappa shape index (κ2) is 10.5. The van der Waals surface area contributed by atoms with Gasteiger partial charge in [0.05, 0.1) is 5.56 Å². The van der Waals surface area contributed by atoms with Gasteiger partial charge in [-0.25, -0.2) is 4.98 Å². The number of primary amides is 1. The molecular formula is C29H37N5O3. The highest BCUT2D eigenvalue weighted by atomic mass is 16.2. The Hall–Kier alpha value is -3.42. The summed E-state index contributed by atoms with van der Waals surface area (Å²) in [6, 6.07) is 9.61. The van der Waals surface area contributed by atoms with Crippen LogP contribution < -0.4 is 21.3 Å². The van der Waals surface area contributed by atoms with Gasteiger partial charge in [0.25, 0.3) is 11.8 Å². The van der Waals surface area contributed by atoms with Crippen LogP contribution >= 0.6 is 0 Å². The molecule has 8 heteroatoms. The third-order valence-corrected chi connectivity index (χ3v) is 7.82. The minimum absolute atomic E-state index is 0.0758. The van der Waals surface area contributed by atoms with Crippen molar-refractivity contribution >= 4 is 29.1 Å². The van der Waals surface area contributed by atoms with Gasteiger partial charge in [-0.2, -0.15) is 0 Å².